The molecule has 11 heteroatoms. The summed E-state index contributed by atoms with van der Waals surface area (Å²) in [5, 5.41) is 0.439. The zero-order valence-corrected chi connectivity index (χ0v) is 26.4. The number of allylic oxidation sites excluding steroid dienone is 3. The van der Waals surface area contributed by atoms with E-state index in [1.807, 2.05) is 39.0 Å². The van der Waals surface area contributed by atoms with Gasteiger partial charge in [-0.05, 0) is 93.6 Å². The van der Waals surface area contributed by atoms with E-state index in [4.69, 9.17) is 44.5 Å². The number of nitrogens with zero attached hydrogens (tertiary/aromatic N) is 3. The lowest BCUT2D eigenvalue weighted by atomic mass is 9.83. The molecule has 0 radical (unpaired) electrons. The van der Waals surface area contributed by atoms with Gasteiger partial charge in [-0.3, -0.25) is 14.7 Å². The summed E-state index contributed by atoms with van der Waals surface area (Å²) < 4.78 is 34.6. The summed E-state index contributed by atoms with van der Waals surface area (Å²) >= 11 is 18.5. The van der Waals surface area contributed by atoms with E-state index >= 15 is 0 Å². The van der Waals surface area contributed by atoms with Gasteiger partial charge in [0.2, 0.25) is 10.0 Å². The lowest BCUT2D eigenvalue weighted by molar-refractivity contribution is 0.241. The van der Waals surface area contributed by atoms with E-state index < -0.39 is 20.9 Å². The van der Waals surface area contributed by atoms with Crippen molar-refractivity contribution in [1.29, 1.82) is 0 Å². The Labute approximate surface area is 257 Å². The Balaban J connectivity index is 1.90. The second kappa shape index (κ2) is 13.3. The molecule has 2 aliphatic rings. The van der Waals surface area contributed by atoms with Crippen LogP contribution in [-0.2, 0) is 16.6 Å². The van der Waals surface area contributed by atoms with Gasteiger partial charge in [0.15, 0.2) is 0 Å². The highest BCUT2D eigenvalue weighted by molar-refractivity contribution is 7.89. The van der Waals surface area contributed by atoms with Crippen molar-refractivity contribution < 1.29 is 17.9 Å². The molecule has 1 aliphatic carbocycles. The Kier molecular flexibility index (Phi) is 10.2. The van der Waals surface area contributed by atoms with Crippen molar-refractivity contribution in [2.24, 2.45) is 10.9 Å². The first-order chi connectivity index (χ1) is 19.4. The molecule has 0 aromatic heterocycles. The van der Waals surface area contributed by atoms with Crippen molar-refractivity contribution in [2.45, 2.75) is 57.0 Å². The zero-order chi connectivity index (χ0) is 29.8. The number of hydrogen-bond donors (Lipinski definition) is 0. The van der Waals surface area contributed by atoms with Crippen LogP contribution < -0.4 is 4.74 Å². The summed E-state index contributed by atoms with van der Waals surface area (Å²) in [5.74, 6) is 0.555. The van der Waals surface area contributed by atoms with Crippen LogP contribution >= 0.6 is 34.8 Å². The third-order valence-corrected chi connectivity index (χ3v) is 9.90. The number of carbonyl (C=O) groups excluding carboxylic acids is 1. The zero-order valence-electron chi connectivity index (χ0n) is 23.3. The van der Waals surface area contributed by atoms with Gasteiger partial charge in [-0.2, -0.15) is 4.31 Å². The molecule has 1 fully saturated rings. The van der Waals surface area contributed by atoms with Gasteiger partial charge in [0, 0.05) is 29.1 Å². The summed E-state index contributed by atoms with van der Waals surface area (Å²) in [6.07, 6.45) is 8.02. The van der Waals surface area contributed by atoms with E-state index in [2.05, 4.69) is 0 Å². The van der Waals surface area contributed by atoms with Gasteiger partial charge >= 0.3 is 5.37 Å². The third kappa shape index (κ3) is 7.54. The van der Waals surface area contributed by atoms with Gasteiger partial charge in [0.1, 0.15) is 11.6 Å². The van der Waals surface area contributed by atoms with Crippen molar-refractivity contribution in [3.8, 4) is 5.75 Å². The fraction of sp³-hybridized carbons (Fsp3) is 0.400. The molecule has 1 heterocycles. The predicted octanol–water partition coefficient (Wildman–Crippen LogP) is 7.61. The maximum atomic E-state index is 13.6. The molecule has 4 rings (SSSR count). The molecule has 2 aromatic rings. The molecule has 1 saturated heterocycles. The molecule has 1 aliphatic heterocycles. The van der Waals surface area contributed by atoms with E-state index in [1.165, 1.54) is 21.3 Å². The minimum Gasteiger partial charge on any atom is -0.493 e. The maximum Gasteiger partial charge on any atom is 0.322 e. The van der Waals surface area contributed by atoms with Gasteiger partial charge in [-0.25, -0.2) is 8.42 Å². The number of ether oxygens (including phenoxy) is 1. The second-order valence-corrected chi connectivity index (χ2v) is 13.7. The maximum absolute atomic E-state index is 13.6. The SMILES string of the molecule is CCOc1ccc(S(=O)(=O)N2CCCC2)cc1C(=NC(C)(C)C1C=CC(Cl)=CC1)N(Cc1ccc(Cl)cc1)C(=O)Cl. The second-order valence-electron chi connectivity index (χ2n) is 10.5. The Morgan fingerprint density at radius 1 is 1.12 bits per heavy atom. The molecule has 0 saturated carbocycles. The molecule has 2 aromatic carbocycles. The third-order valence-electron chi connectivity index (χ3n) is 7.27. The van der Waals surface area contributed by atoms with Gasteiger partial charge in [0.25, 0.3) is 0 Å². The van der Waals surface area contributed by atoms with Gasteiger partial charge in [-0.1, -0.05) is 47.5 Å². The van der Waals surface area contributed by atoms with Crippen LogP contribution in [0.15, 0.2) is 75.6 Å². The first-order valence-electron chi connectivity index (χ1n) is 13.5. The normalized spacial score (nSPS) is 18.3. The average Bonchev–Trinajstić information content (AvgIpc) is 3.48. The predicted molar refractivity (Wildman–Crippen MR) is 166 cm³/mol. The van der Waals surface area contributed by atoms with Crippen molar-refractivity contribution in [1.82, 2.24) is 9.21 Å². The number of halogens is 3. The summed E-state index contributed by atoms with van der Waals surface area (Å²) in [7, 11) is -3.77. The van der Waals surface area contributed by atoms with Crippen LogP contribution in [0.5, 0.6) is 5.75 Å². The standard InChI is InChI=1S/C30H34Cl3N3O4S/c1-4-40-27-16-15-25(41(38,39)35-17-5-6-18-35)19-26(27)28(34-30(2,3)22-9-13-24(32)14-10-22)36(29(33)37)20-21-7-11-23(31)12-8-21/h7-9,11-16,19,22H,4-6,10,17-18,20H2,1-3H3. The average molecular weight is 639 g/mol. The summed E-state index contributed by atoms with van der Waals surface area (Å²) in [6, 6.07) is 11.7. The number of carbonyl (C=O) groups is 1. The molecule has 1 amide bonds. The fourth-order valence-electron chi connectivity index (χ4n) is 4.94. The van der Waals surface area contributed by atoms with Crippen LogP contribution in [0.4, 0.5) is 4.79 Å². The van der Waals surface area contributed by atoms with E-state index in [-0.39, 0.29) is 23.2 Å². The van der Waals surface area contributed by atoms with E-state index in [9.17, 15) is 13.2 Å². The molecule has 7 nitrogen and oxygen atoms in total. The van der Waals surface area contributed by atoms with Gasteiger partial charge in [0.05, 0.1) is 29.1 Å². The van der Waals surface area contributed by atoms with E-state index in [0.717, 1.165) is 18.4 Å². The number of hydrogen-bond acceptors (Lipinski definition) is 5. The van der Waals surface area contributed by atoms with Crippen LogP contribution in [-0.4, -0.2) is 54.1 Å². The Morgan fingerprint density at radius 3 is 2.39 bits per heavy atom. The molecule has 220 valence electrons. The number of benzene rings is 2. The Morgan fingerprint density at radius 2 is 1.80 bits per heavy atom. The number of amides is 1. The van der Waals surface area contributed by atoms with Crippen LogP contribution in [0.3, 0.4) is 0 Å². The lowest BCUT2D eigenvalue weighted by Gasteiger charge is -2.33. The first-order valence-corrected chi connectivity index (χ1v) is 16.1. The number of amidine groups is 1. The highest BCUT2D eigenvalue weighted by Gasteiger charge is 2.34. The van der Waals surface area contributed by atoms with Crippen molar-refractivity contribution in [3.63, 3.8) is 0 Å². The molecular formula is C30H34Cl3N3O4S. The number of sulfonamides is 1. The lowest BCUT2D eigenvalue weighted by Crippen LogP contribution is -2.38. The molecule has 0 bridgehead atoms. The van der Waals surface area contributed by atoms with Gasteiger partial charge in [-0.15, -0.1) is 0 Å². The van der Waals surface area contributed by atoms with Crippen LogP contribution in [0.1, 0.15) is 51.2 Å². The largest absolute Gasteiger partial charge is 0.493 e. The first kappa shape index (κ1) is 31.6. The Hall–Kier alpha value is -2.36. The molecular weight excluding hydrogens is 605 g/mol. The van der Waals surface area contributed by atoms with Crippen molar-refractivity contribution >= 4 is 56.0 Å². The van der Waals surface area contributed by atoms with Crippen molar-refractivity contribution in [3.05, 3.63) is 81.9 Å². The number of rotatable bonds is 9. The highest BCUT2D eigenvalue weighted by atomic mass is 35.5. The fourth-order valence-corrected chi connectivity index (χ4v) is 6.91. The van der Waals surface area contributed by atoms with Crippen LogP contribution in [0.2, 0.25) is 5.02 Å². The highest BCUT2D eigenvalue weighted by Crippen LogP contribution is 2.35. The molecule has 1 unspecified atom stereocenters. The smallest absolute Gasteiger partial charge is 0.322 e. The van der Waals surface area contributed by atoms with E-state index in [1.54, 1.807) is 30.3 Å². The molecule has 41 heavy (non-hydrogen) atoms. The summed E-state index contributed by atoms with van der Waals surface area (Å²) in [4.78, 5) is 19.6. The van der Waals surface area contributed by atoms with Gasteiger partial charge < -0.3 is 4.74 Å². The van der Waals surface area contributed by atoms with E-state index in [0.29, 0.717) is 47.5 Å². The minimum atomic E-state index is -3.77. The molecule has 1 atom stereocenters. The van der Waals surface area contributed by atoms with Crippen LogP contribution in [0, 0.1) is 5.92 Å². The molecule has 0 spiro atoms. The number of aliphatic imine (C=N–C) groups is 1. The Bertz CT molecular complexity index is 1460. The molecule has 0 N–H and O–H groups in total. The topological polar surface area (TPSA) is 79.3 Å². The van der Waals surface area contributed by atoms with Crippen molar-refractivity contribution in [2.75, 3.05) is 19.7 Å². The summed E-state index contributed by atoms with van der Waals surface area (Å²) in [6.45, 7) is 7.08. The monoisotopic (exact) mass is 637 g/mol. The van der Waals surface area contributed by atoms with Crippen LogP contribution in [0.25, 0.3) is 0 Å². The minimum absolute atomic E-state index is 0.0464. The quantitative estimate of drug-likeness (QED) is 0.123. The summed E-state index contributed by atoms with van der Waals surface area (Å²) in [5.41, 5.74) is 0.383.